The van der Waals surface area contributed by atoms with Gasteiger partial charge < -0.3 is 19.2 Å². The lowest BCUT2D eigenvalue weighted by molar-refractivity contribution is 0.0921. The second-order valence-corrected chi connectivity index (χ2v) is 8.55. The van der Waals surface area contributed by atoms with Crippen LogP contribution in [-0.2, 0) is 6.54 Å². The van der Waals surface area contributed by atoms with E-state index >= 15 is 0 Å². The second kappa shape index (κ2) is 9.56. The zero-order chi connectivity index (χ0) is 20.9. The maximum atomic E-state index is 13.2. The molecule has 3 heterocycles. The molecule has 0 saturated carbocycles. The van der Waals surface area contributed by atoms with Crippen LogP contribution in [0.4, 0.5) is 0 Å². The number of piperidine rings is 1. The van der Waals surface area contributed by atoms with Crippen molar-refractivity contribution < 1.29 is 18.7 Å². The third kappa shape index (κ3) is 4.81. The number of benzene rings is 1. The molecule has 1 aromatic heterocycles. The van der Waals surface area contributed by atoms with Crippen molar-refractivity contribution in [3.8, 4) is 11.5 Å². The minimum absolute atomic E-state index is 0.0958. The summed E-state index contributed by atoms with van der Waals surface area (Å²) >= 11 is 0. The third-order valence-corrected chi connectivity index (χ3v) is 5.89. The topological polar surface area (TPSA) is 63.9 Å². The van der Waals surface area contributed by atoms with Crippen molar-refractivity contribution in [2.24, 2.45) is 5.92 Å². The number of ether oxygens (including phenoxy) is 2. The SMILES string of the molecule is CC(C)[C@@H](NC(=O)c1ccoc1CN1CCCCC1)c1ccc2c(c1)OCCCO2. The number of likely N-dealkylation sites (tertiary alicyclic amines) is 1. The van der Waals surface area contributed by atoms with Crippen LogP contribution in [0.2, 0.25) is 0 Å². The summed E-state index contributed by atoms with van der Waals surface area (Å²) in [6.07, 6.45) is 6.19. The molecular weight excluding hydrogens is 380 g/mol. The van der Waals surface area contributed by atoms with Gasteiger partial charge in [-0.2, -0.15) is 0 Å². The standard InChI is InChI=1S/C24H32N2O4/c1-17(2)23(18-7-8-20-21(15-18)29-13-6-12-28-20)25-24(27)19-9-14-30-22(19)16-26-10-4-3-5-11-26/h7-9,14-15,17,23H,3-6,10-13,16H2,1-2H3,(H,25,27)/t23-/m1/s1. The van der Waals surface area contributed by atoms with Crippen molar-refractivity contribution in [3.05, 3.63) is 47.4 Å². The van der Waals surface area contributed by atoms with Gasteiger partial charge in [0.25, 0.3) is 5.91 Å². The van der Waals surface area contributed by atoms with Crippen LogP contribution < -0.4 is 14.8 Å². The lowest BCUT2D eigenvalue weighted by Gasteiger charge is -2.26. The highest BCUT2D eigenvalue weighted by Crippen LogP contribution is 2.34. The Kier molecular flexibility index (Phi) is 6.62. The first-order valence-electron chi connectivity index (χ1n) is 11.1. The number of nitrogens with zero attached hydrogens (tertiary/aromatic N) is 1. The van der Waals surface area contributed by atoms with E-state index in [1.165, 1.54) is 19.3 Å². The maximum Gasteiger partial charge on any atom is 0.255 e. The van der Waals surface area contributed by atoms with Crippen molar-refractivity contribution >= 4 is 5.91 Å². The van der Waals surface area contributed by atoms with Crippen molar-refractivity contribution in [1.29, 1.82) is 0 Å². The molecule has 1 fully saturated rings. The number of furan rings is 1. The van der Waals surface area contributed by atoms with Gasteiger partial charge in [-0.3, -0.25) is 9.69 Å². The molecule has 2 aliphatic rings. The lowest BCUT2D eigenvalue weighted by Crippen LogP contribution is -2.33. The molecule has 0 spiro atoms. The second-order valence-electron chi connectivity index (χ2n) is 8.55. The smallest absolute Gasteiger partial charge is 0.255 e. The fourth-order valence-electron chi connectivity index (χ4n) is 4.21. The Morgan fingerprint density at radius 2 is 1.80 bits per heavy atom. The first-order valence-corrected chi connectivity index (χ1v) is 11.1. The Morgan fingerprint density at radius 1 is 1.03 bits per heavy atom. The lowest BCUT2D eigenvalue weighted by atomic mass is 9.95. The van der Waals surface area contributed by atoms with Crippen LogP contribution in [0.5, 0.6) is 11.5 Å². The first kappa shape index (κ1) is 20.8. The maximum absolute atomic E-state index is 13.2. The summed E-state index contributed by atoms with van der Waals surface area (Å²) in [7, 11) is 0. The Hall–Kier alpha value is -2.47. The molecule has 1 aromatic carbocycles. The number of fused-ring (bicyclic) bond motifs is 1. The molecule has 30 heavy (non-hydrogen) atoms. The quantitative estimate of drug-likeness (QED) is 0.754. The predicted octanol–water partition coefficient (Wildman–Crippen LogP) is 4.55. The van der Waals surface area contributed by atoms with E-state index in [1.807, 2.05) is 18.2 Å². The summed E-state index contributed by atoms with van der Waals surface area (Å²) in [4.78, 5) is 15.5. The van der Waals surface area contributed by atoms with Crippen molar-refractivity contribution in [2.75, 3.05) is 26.3 Å². The van der Waals surface area contributed by atoms with E-state index in [4.69, 9.17) is 13.9 Å². The van der Waals surface area contributed by atoms with Gasteiger partial charge in [0, 0.05) is 6.42 Å². The first-order chi connectivity index (χ1) is 14.6. The number of hydrogen-bond donors (Lipinski definition) is 1. The number of nitrogens with one attached hydrogen (secondary N) is 1. The van der Waals surface area contributed by atoms with E-state index in [2.05, 4.69) is 24.1 Å². The molecule has 1 amide bonds. The van der Waals surface area contributed by atoms with Crippen molar-refractivity contribution in [1.82, 2.24) is 10.2 Å². The summed E-state index contributed by atoms with van der Waals surface area (Å²) in [5.74, 6) is 2.39. The molecule has 6 nitrogen and oxygen atoms in total. The van der Waals surface area contributed by atoms with Crippen LogP contribution in [0.3, 0.4) is 0 Å². The van der Waals surface area contributed by atoms with Gasteiger partial charge in [0.05, 0.1) is 37.6 Å². The molecule has 2 aromatic rings. The Bertz CT molecular complexity index is 855. The molecule has 1 saturated heterocycles. The van der Waals surface area contributed by atoms with Gasteiger partial charge in [0.15, 0.2) is 11.5 Å². The van der Waals surface area contributed by atoms with Crippen LogP contribution in [0.25, 0.3) is 0 Å². The summed E-state index contributed by atoms with van der Waals surface area (Å²) in [5, 5.41) is 3.22. The largest absolute Gasteiger partial charge is 0.490 e. The molecular formula is C24H32N2O4. The average molecular weight is 413 g/mol. The Morgan fingerprint density at radius 3 is 2.57 bits per heavy atom. The zero-order valence-corrected chi connectivity index (χ0v) is 18.0. The number of carbonyl (C=O) groups excluding carboxylic acids is 1. The number of rotatable bonds is 6. The normalized spacial score (nSPS) is 18.1. The van der Waals surface area contributed by atoms with E-state index in [0.717, 1.165) is 42.3 Å². The molecule has 1 N–H and O–H groups in total. The summed E-state index contributed by atoms with van der Waals surface area (Å²) in [6.45, 7) is 8.34. The molecule has 0 bridgehead atoms. The molecule has 162 valence electrons. The van der Waals surface area contributed by atoms with Gasteiger partial charge in [-0.15, -0.1) is 0 Å². The summed E-state index contributed by atoms with van der Waals surface area (Å²) in [6, 6.07) is 7.60. The summed E-state index contributed by atoms with van der Waals surface area (Å²) in [5.41, 5.74) is 1.64. The van der Waals surface area contributed by atoms with Gasteiger partial charge in [-0.05, 0) is 55.6 Å². The third-order valence-electron chi connectivity index (χ3n) is 5.89. The van der Waals surface area contributed by atoms with Gasteiger partial charge in [-0.25, -0.2) is 0 Å². The highest BCUT2D eigenvalue weighted by molar-refractivity contribution is 5.95. The molecule has 2 aliphatic heterocycles. The van der Waals surface area contributed by atoms with Gasteiger partial charge in [-0.1, -0.05) is 26.3 Å². The fraction of sp³-hybridized carbons (Fsp3) is 0.542. The van der Waals surface area contributed by atoms with E-state index < -0.39 is 0 Å². The van der Waals surface area contributed by atoms with E-state index in [1.54, 1.807) is 12.3 Å². The predicted molar refractivity (Wildman–Crippen MR) is 115 cm³/mol. The van der Waals surface area contributed by atoms with E-state index in [-0.39, 0.29) is 17.9 Å². The molecule has 1 atom stereocenters. The number of hydrogen-bond acceptors (Lipinski definition) is 5. The van der Waals surface area contributed by atoms with Gasteiger partial charge >= 0.3 is 0 Å². The fourth-order valence-corrected chi connectivity index (χ4v) is 4.21. The Balaban J connectivity index is 1.49. The van der Waals surface area contributed by atoms with E-state index in [0.29, 0.717) is 25.3 Å². The van der Waals surface area contributed by atoms with Crippen LogP contribution in [0.15, 0.2) is 34.9 Å². The monoisotopic (exact) mass is 412 g/mol. The number of carbonyl (C=O) groups is 1. The molecule has 0 aliphatic carbocycles. The van der Waals surface area contributed by atoms with Crippen LogP contribution >= 0.6 is 0 Å². The van der Waals surface area contributed by atoms with Gasteiger partial charge in [0.2, 0.25) is 0 Å². The number of amides is 1. The molecule has 4 rings (SSSR count). The highest BCUT2D eigenvalue weighted by atomic mass is 16.5. The molecule has 0 unspecified atom stereocenters. The molecule has 6 heteroatoms. The zero-order valence-electron chi connectivity index (χ0n) is 18.0. The van der Waals surface area contributed by atoms with Crippen molar-refractivity contribution in [2.45, 2.75) is 52.1 Å². The average Bonchev–Trinajstić information content (AvgIpc) is 3.08. The van der Waals surface area contributed by atoms with Gasteiger partial charge in [0.1, 0.15) is 5.76 Å². The van der Waals surface area contributed by atoms with E-state index in [9.17, 15) is 4.79 Å². The van der Waals surface area contributed by atoms with Crippen molar-refractivity contribution in [3.63, 3.8) is 0 Å². The highest BCUT2D eigenvalue weighted by Gasteiger charge is 2.24. The minimum atomic E-state index is -0.132. The minimum Gasteiger partial charge on any atom is -0.490 e. The molecule has 0 radical (unpaired) electrons. The van der Waals surface area contributed by atoms with Crippen LogP contribution in [0, 0.1) is 5.92 Å². The van der Waals surface area contributed by atoms with Crippen LogP contribution in [-0.4, -0.2) is 37.1 Å². The summed E-state index contributed by atoms with van der Waals surface area (Å²) < 4.78 is 17.3. The van der Waals surface area contributed by atoms with Crippen LogP contribution in [0.1, 0.15) is 67.3 Å². The Labute approximate surface area is 178 Å².